The van der Waals surface area contributed by atoms with Gasteiger partial charge in [-0.25, -0.2) is 0 Å². The van der Waals surface area contributed by atoms with Gasteiger partial charge in [-0.2, -0.15) is 0 Å². The summed E-state index contributed by atoms with van der Waals surface area (Å²) in [5.74, 6) is -0.250. The molecule has 0 saturated heterocycles. The fourth-order valence-corrected chi connectivity index (χ4v) is 0.701. The van der Waals surface area contributed by atoms with Crippen molar-refractivity contribution in [3.63, 3.8) is 0 Å². The molecular weight excluding hydrogens is 321 g/mol. The number of carbonyl (C=O) groups excluding carboxylic acids is 4. The molecule has 0 radical (unpaired) electrons. The van der Waals surface area contributed by atoms with E-state index in [9.17, 15) is 19.2 Å². The SMILES string of the molecule is CC(=O)CC(C)=O.CC(=O)CC(C)=O.[Ba+2]. The van der Waals surface area contributed by atoms with Crippen LogP contribution in [0.4, 0.5) is 0 Å². The van der Waals surface area contributed by atoms with Crippen LogP contribution < -0.4 is 0 Å². The smallest absolute Gasteiger partial charge is 0.300 e. The van der Waals surface area contributed by atoms with Crippen molar-refractivity contribution >= 4 is 72.0 Å². The summed E-state index contributed by atoms with van der Waals surface area (Å²) in [7, 11) is 0. The van der Waals surface area contributed by atoms with Crippen LogP contribution in [0.1, 0.15) is 40.5 Å². The molecule has 80 valence electrons. The number of ketones is 4. The van der Waals surface area contributed by atoms with Crippen LogP contribution in [0.15, 0.2) is 0 Å². The molecule has 0 aromatic carbocycles. The molecule has 0 heterocycles. The molecular formula is C10H16BaO4+2. The zero-order valence-corrected chi connectivity index (χ0v) is 14.2. The van der Waals surface area contributed by atoms with Gasteiger partial charge in [-0.15, -0.1) is 0 Å². The molecule has 15 heavy (non-hydrogen) atoms. The van der Waals surface area contributed by atoms with Crippen LogP contribution in [0.25, 0.3) is 0 Å². The number of rotatable bonds is 4. The standard InChI is InChI=1S/2C5H8O2.Ba/c2*1-4(6)3-5(2)7;/h2*3H2,1-2H3;/q;;+2. The summed E-state index contributed by atoms with van der Waals surface area (Å²) in [6.45, 7) is 5.62. The van der Waals surface area contributed by atoms with Crippen LogP contribution in [0.2, 0.25) is 0 Å². The monoisotopic (exact) mass is 338 g/mol. The third kappa shape index (κ3) is 31.4. The number of Topliss-reactive ketones (excluding diaryl/α,β-unsaturated/α-hetero) is 4. The average Bonchev–Trinajstić information content (AvgIpc) is 1.79. The van der Waals surface area contributed by atoms with E-state index in [0.29, 0.717) is 0 Å². The van der Waals surface area contributed by atoms with E-state index in [1.807, 2.05) is 0 Å². The first-order valence-corrected chi connectivity index (χ1v) is 4.23. The fourth-order valence-electron chi connectivity index (χ4n) is 0.701. The van der Waals surface area contributed by atoms with E-state index in [2.05, 4.69) is 0 Å². The van der Waals surface area contributed by atoms with E-state index in [1.165, 1.54) is 27.7 Å². The molecule has 0 spiro atoms. The van der Waals surface area contributed by atoms with E-state index in [0.717, 1.165) is 0 Å². The summed E-state index contributed by atoms with van der Waals surface area (Å²) in [6, 6.07) is 0. The molecule has 0 amide bonds. The first-order chi connectivity index (χ1) is 6.25. The second-order valence-corrected chi connectivity index (χ2v) is 3.16. The molecule has 0 unspecified atom stereocenters. The van der Waals surface area contributed by atoms with Crippen LogP contribution in [-0.4, -0.2) is 72.0 Å². The predicted molar refractivity (Wildman–Crippen MR) is 57.7 cm³/mol. The molecule has 0 aliphatic heterocycles. The predicted octanol–water partition coefficient (Wildman–Crippen LogP) is 0.728. The van der Waals surface area contributed by atoms with E-state index in [1.54, 1.807) is 0 Å². The summed E-state index contributed by atoms with van der Waals surface area (Å²) < 4.78 is 0. The Labute approximate surface area is 130 Å². The van der Waals surface area contributed by atoms with Crippen molar-refractivity contribution in [1.82, 2.24) is 0 Å². The third-order valence-electron chi connectivity index (χ3n) is 0.996. The van der Waals surface area contributed by atoms with Gasteiger partial charge >= 0.3 is 48.9 Å². The van der Waals surface area contributed by atoms with Gasteiger partial charge in [0.1, 0.15) is 23.1 Å². The fraction of sp³-hybridized carbons (Fsp3) is 0.600. The van der Waals surface area contributed by atoms with Gasteiger partial charge in [-0.1, -0.05) is 0 Å². The molecule has 0 aliphatic rings. The van der Waals surface area contributed by atoms with Gasteiger partial charge in [-0.3, -0.25) is 19.2 Å². The topological polar surface area (TPSA) is 68.3 Å². The maximum Gasteiger partial charge on any atom is 2.00 e. The number of hydrogen-bond donors (Lipinski definition) is 0. The maximum absolute atomic E-state index is 10.0. The van der Waals surface area contributed by atoms with Crippen molar-refractivity contribution < 1.29 is 19.2 Å². The molecule has 0 fully saturated rings. The second kappa shape index (κ2) is 12.3. The van der Waals surface area contributed by atoms with Gasteiger partial charge in [0.2, 0.25) is 0 Å². The van der Waals surface area contributed by atoms with Crippen molar-refractivity contribution in [2.75, 3.05) is 0 Å². The minimum absolute atomic E-state index is 0. The second-order valence-electron chi connectivity index (χ2n) is 3.16. The number of hydrogen-bond acceptors (Lipinski definition) is 4. The average molecular weight is 338 g/mol. The zero-order valence-electron chi connectivity index (χ0n) is 9.75. The summed E-state index contributed by atoms with van der Waals surface area (Å²) >= 11 is 0. The summed E-state index contributed by atoms with van der Waals surface area (Å²) in [5.41, 5.74) is 0. The molecule has 4 nitrogen and oxygen atoms in total. The Hall–Kier alpha value is 0.251. The maximum atomic E-state index is 10.0. The Morgan fingerprint density at radius 2 is 0.733 bits per heavy atom. The van der Waals surface area contributed by atoms with Crippen molar-refractivity contribution in [3.8, 4) is 0 Å². The molecule has 0 bridgehead atoms. The minimum atomic E-state index is -0.0625. The quantitative estimate of drug-likeness (QED) is 0.560. The molecule has 0 rings (SSSR count). The molecule has 0 atom stereocenters. The largest absolute Gasteiger partial charge is 2.00 e. The molecule has 0 aliphatic carbocycles. The van der Waals surface area contributed by atoms with Crippen LogP contribution in [-0.2, 0) is 19.2 Å². The van der Waals surface area contributed by atoms with Crippen molar-refractivity contribution in [1.29, 1.82) is 0 Å². The minimum Gasteiger partial charge on any atom is -0.300 e. The van der Waals surface area contributed by atoms with Crippen molar-refractivity contribution in [2.45, 2.75) is 40.5 Å². The molecule has 0 aromatic rings. The Balaban J connectivity index is -0.000000180. The van der Waals surface area contributed by atoms with E-state index >= 15 is 0 Å². The first-order valence-electron chi connectivity index (χ1n) is 4.23. The van der Waals surface area contributed by atoms with Gasteiger partial charge in [0.05, 0.1) is 12.8 Å². The summed E-state index contributed by atoms with van der Waals surface area (Å²) in [5, 5.41) is 0. The van der Waals surface area contributed by atoms with Crippen LogP contribution in [0.5, 0.6) is 0 Å². The molecule has 0 saturated carbocycles. The molecule has 5 heteroatoms. The van der Waals surface area contributed by atoms with Crippen LogP contribution in [0, 0.1) is 0 Å². The van der Waals surface area contributed by atoms with Crippen LogP contribution in [0.3, 0.4) is 0 Å². The molecule has 0 aromatic heterocycles. The van der Waals surface area contributed by atoms with Gasteiger partial charge in [0, 0.05) is 0 Å². The van der Waals surface area contributed by atoms with Crippen LogP contribution >= 0.6 is 0 Å². The first kappa shape index (κ1) is 20.6. The molecule has 0 N–H and O–H groups in total. The van der Waals surface area contributed by atoms with E-state index in [-0.39, 0.29) is 84.9 Å². The van der Waals surface area contributed by atoms with E-state index in [4.69, 9.17) is 0 Å². The van der Waals surface area contributed by atoms with Crippen molar-refractivity contribution in [2.24, 2.45) is 0 Å². The third-order valence-corrected chi connectivity index (χ3v) is 0.996. The van der Waals surface area contributed by atoms with Gasteiger partial charge in [0.15, 0.2) is 0 Å². The summed E-state index contributed by atoms with van der Waals surface area (Å²) in [4.78, 5) is 40.1. The Morgan fingerprint density at radius 3 is 0.733 bits per heavy atom. The van der Waals surface area contributed by atoms with Crippen molar-refractivity contribution in [3.05, 3.63) is 0 Å². The zero-order chi connectivity index (χ0) is 11.7. The Bertz CT molecular complexity index is 196. The Kier molecular flexibility index (Phi) is 17.0. The van der Waals surface area contributed by atoms with E-state index < -0.39 is 0 Å². The Morgan fingerprint density at radius 1 is 0.600 bits per heavy atom. The normalized spacial score (nSPS) is 7.73. The van der Waals surface area contributed by atoms with Gasteiger partial charge < -0.3 is 0 Å². The number of carbonyl (C=O) groups is 4. The van der Waals surface area contributed by atoms with Gasteiger partial charge in [0.25, 0.3) is 0 Å². The van der Waals surface area contributed by atoms with Gasteiger partial charge in [-0.05, 0) is 27.7 Å². The summed E-state index contributed by atoms with van der Waals surface area (Å²) in [6.07, 6.45) is 0.167.